The van der Waals surface area contributed by atoms with Gasteiger partial charge < -0.3 is 43.3 Å². The number of rotatable bonds is 25. The number of thioether (sulfide) groups is 1. The predicted molar refractivity (Wildman–Crippen MR) is 183 cm³/mol. The first-order valence-corrected chi connectivity index (χ1v) is 20.0. The molecule has 0 atom stereocenters. The number of nitrogens with zero attached hydrogens (tertiary/aromatic N) is 4. The molecule has 0 aromatic rings. The first-order valence-electron chi connectivity index (χ1n) is 16.1. The van der Waals surface area contributed by atoms with Gasteiger partial charge in [0.25, 0.3) is 0 Å². The predicted octanol–water partition coefficient (Wildman–Crippen LogP) is 1.35. The summed E-state index contributed by atoms with van der Waals surface area (Å²) in [5.41, 5.74) is 0. The first-order chi connectivity index (χ1) is 22.4. The minimum Gasteiger partial charge on any atom is -0.465 e. The Labute approximate surface area is 286 Å². The molecule has 2 aliphatic rings. The van der Waals surface area contributed by atoms with Crippen molar-refractivity contribution < 1.29 is 42.9 Å². The zero-order chi connectivity index (χ0) is 33.2. The number of esters is 4. The maximum atomic E-state index is 12.1. The van der Waals surface area contributed by atoms with Gasteiger partial charge in [0.15, 0.2) is 0 Å². The lowest BCUT2D eigenvalue weighted by Crippen LogP contribution is -2.47. The van der Waals surface area contributed by atoms with Gasteiger partial charge in [-0.25, -0.2) is 0 Å². The van der Waals surface area contributed by atoms with Gasteiger partial charge in [0, 0.05) is 103 Å². The summed E-state index contributed by atoms with van der Waals surface area (Å²) in [5.74, 6) is 1.48. The summed E-state index contributed by atoms with van der Waals surface area (Å²) in [4.78, 5) is 56.7. The summed E-state index contributed by atoms with van der Waals surface area (Å²) in [6.45, 7) is 11.6. The molecule has 2 fully saturated rings. The van der Waals surface area contributed by atoms with E-state index >= 15 is 0 Å². The van der Waals surface area contributed by atoms with Crippen molar-refractivity contribution in [3.05, 3.63) is 0 Å². The SMILES string of the molecule is COCCOC(=O)CCN1CCN(CCC(=O)OCCSSCCOC(=O)CCN2CCN(CCC(=O)OCCSC)CC2)CC1. The van der Waals surface area contributed by atoms with E-state index in [4.69, 9.17) is 23.7 Å². The largest absolute Gasteiger partial charge is 0.465 e. The quantitative estimate of drug-likeness (QED) is 0.0585. The molecule has 2 heterocycles. The molecule has 2 aliphatic heterocycles. The normalized spacial score (nSPS) is 16.7. The van der Waals surface area contributed by atoms with Crippen LogP contribution in [0.2, 0.25) is 0 Å². The van der Waals surface area contributed by atoms with Gasteiger partial charge in [-0.15, -0.1) is 0 Å². The molecule has 2 saturated heterocycles. The third-order valence-corrected chi connectivity index (χ3v) is 10.4. The Kier molecular flexibility index (Phi) is 23.7. The maximum absolute atomic E-state index is 12.1. The van der Waals surface area contributed by atoms with Gasteiger partial charge in [0.2, 0.25) is 0 Å². The van der Waals surface area contributed by atoms with Crippen LogP contribution in [-0.4, -0.2) is 186 Å². The summed E-state index contributed by atoms with van der Waals surface area (Å²) in [5, 5.41) is 0. The fraction of sp³-hybridized carbons (Fsp3) is 0.867. The monoisotopic (exact) mass is 710 g/mol. The smallest absolute Gasteiger partial charge is 0.307 e. The van der Waals surface area contributed by atoms with Gasteiger partial charge >= 0.3 is 23.9 Å². The molecule has 0 aliphatic carbocycles. The van der Waals surface area contributed by atoms with Crippen LogP contribution in [0.25, 0.3) is 0 Å². The fourth-order valence-corrected chi connectivity index (χ4v) is 6.64. The van der Waals surface area contributed by atoms with Crippen LogP contribution < -0.4 is 0 Å². The van der Waals surface area contributed by atoms with E-state index in [1.54, 1.807) is 40.5 Å². The molecule has 0 aromatic heterocycles. The van der Waals surface area contributed by atoms with Gasteiger partial charge in [0.1, 0.15) is 26.4 Å². The molecule has 0 bridgehead atoms. The van der Waals surface area contributed by atoms with Crippen molar-refractivity contribution in [3.8, 4) is 0 Å². The molecule has 2 rings (SSSR count). The molecule has 0 amide bonds. The highest BCUT2D eigenvalue weighted by Gasteiger charge is 2.20. The Hall–Kier alpha value is -1.27. The van der Waals surface area contributed by atoms with E-state index in [0.29, 0.717) is 89.8 Å². The lowest BCUT2D eigenvalue weighted by Gasteiger charge is -2.34. The summed E-state index contributed by atoms with van der Waals surface area (Å²) in [6.07, 6.45) is 3.52. The summed E-state index contributed by atoms with van der Waals surface area (Å²) >= 11 is 1.66. The Balaban J connectivity index is 1.35. The van der Waals surface area contributed by atoms with Gasteiger partial charge in [0.05, 0.1) is 32.3 Å². The Morgan fingerprint density at radius 3 is 1.09 bits per heavy atom. The van der Waals surface area contributed by atoms with Crippen LogP contribution in [0.5, 0.6) is 0 Å². The van der Waals surface area contributed by atoms with E-state index in [1.807, 2.05) is 6.26 Å². The summed E-state index contributed by atoms with van der Waals surface area (Å²) in [6, 6.07) is 0. The van der Waals surface area contributed by atoms with Crippen molar-refractivity contribution in [3.63, 3.8) is 0 Å². The second-order valence-corrected chi connectivity index (χ2v) is 14.6. The van der Waals surface area contributed by atoms with Crippen molar-refractivity contribution >= 4 is 57.2 Å². The molecule has 0 unspecified atom stereocenters. The van der Waals surface area contributed by atoms with Crippen LogP contribution >= 0.6 is 33.3 Å². The molecule has 0 aromatic carbocycles. The molecule has 16 heteroatoms. The molecule has 0 spiro atoms. The number of piperazine rings is 2. The third-order valence-electron chi connectivity index (χ3n) is 7.50. The number of hydrogen-bond donors (Lipinski definition) is 0. The zero-order valence-electron chi connectivity index (χ0n) is 27.7. The maximum Gasteiger partial charge on any atom is 0.307 e. The van der Waals surface area contributed by atoms with Crippen LogP contribution in [0.1, 0.15) is 25.7 Å². The Bertz CT molecular complexity index is 793. The molecule has 0 N–H and O–H groups in total. The molecular weight excluding hydrogens is 657 g/mol. The zero-order valence-corrected chi connectivity index (χ0v) is 30.1. The van der Waals surface area contributed by atoms with E-state index in [-0.39, 0.29) is 30.5 Å². The highest BCUT2D eigenvalue weighted by atomic mass is 33.1. The number of carbonyl (C=O) groups excluding carboxylic acids is 4. The number of carbonyl (C=O) groups is 4. The Morgan fingerprint density at radius 1 is 0.478 bits per heavy atom. The topological polar surface area (TPSA) is 127 Å². The number of methoxy groups -OCH3 is 1. The first kappa shape index (κ1) is 40.9. The van der Waals surface area contributed by atoms with Gasteiger partial charge in [-0.05, 0) is 6.26 Å². The fourth-order valence-electron chi connectivity index (χ4n) is 4.73. The van der Waals surface area contributed by atoms with Crippen LogP contribution in [-0.2, 0) is 42.9 Å². The van der Waals surface area contributed by atoms with Crippen molar-refractivity contribution in [2.75, 3.05) is 142 Å². The van der Waals surface area contributed by atoms with Gasteiger partial charge in [-0.2, -0.15) is 11.8 Å². The minimum atomic E-state index is -0.203. The van der Waals surface area contributed by atoms with Crippen LogP contribution in [0.4, 0.5) is 0 Å². The van der Waals surface area contributed by atoms with Crippen molar-refractivity contribution in [1.29, 1.82) is 0 Å². The second-order valence-electron chi connectivity index (χ2n) is 10.9. The lowest BCUT2D eigenvalue weighted by atomic mass is 10.2. The molecule has 0 radical (unpaired) electrons. The third kappa shape index (κ3) is 20.9. The van der Waals surface area contributed by atoms with E-state index in [9.17, 15) is 19.2 Å². The highest BCUT2D eigenvalue weighted by Crippen LogP contribution is 2.20. The average Bonchev–Trinajstić information content (AvgIpc) is 3.07. The van der Waals surface area contributed by atoms with Crippen molar-refractivity contribution in [2.24, 2.45) is 0 Å². The highest BCUT2D eigenvalue weighted by molar-refractivity contribution is 8.76. The molecule has 13 nitrogen and oxygen atoms in total. The van der Waals surface area contributed by atoms with E-state index in [2.05, 4.69) is 19.6 Å². The lowest BCUT2D eigenvalue weighted by molar-refractivity contribution is -0.146. The summed E-state index contributed by atoms with van der Waals surface area (Å²) < 4.78 is 25.9. The van der Waals surface area contributed by atoms with Crippen LogP contribution in [0.15, 0.2) is 0 Å². The van der Waals surface area contributed by atoms with Crippen LogP contribution in [0, 0.1) is 0 Å². The second kappa shape index (κ2) is 26.7. The number of ether oxygens (including phenoxy) is 5. The van der Waals surface area contributed by atoms with Crippen molar-refractivity contribution in [2.45, 2.75) is 25.7 Å². The molecule has 0 saturated carbocycles. The Morgan fingerprint density at radius 2 is 0.783 bits per heavy atom. The molecule has 46 heavy (non-hydrogen) atoms. The van der Waals surface area contributed by atoms with Gasteiger partial charge in [-0.3, -0.25) is 19.2 Å². The molecular formula is C30H54N4O9S3. The van der Waals surface area contributed by atoms with Gasteiger partial charge in [-0.1, -0.05) is 21.6 Å². The van der Waals surface area contributed by atoms with E-state index in [1.165, 1.54) is 0 Å². The van der Waals surface area contributed by atoms with E-state index in [0.717, 1.165) is 58.1 Å². The standard InChI is InChI=1S/C30H54N4O9S3/c1-39-19-20-40-27(35)3-7-31-11-13-33(14-12-31)9-5-29(37)42-22-25-45-46-26-23-43-30(38)6-10-34-17-15-32(16-18-34)8-4-28(36)41-21-24-44-2/h3-26H2,1-2H3. The number of hydrogen-bond acceptors (Lipinski definition) is 16. The van der Waals surface area contributed by atoms with E-state index < -0.39 is 0 Å². The van der Waals surface area contributed by atoms with Crippen molar-refractivity contribution in [1.82, 2.24) is 19.6 Å². The van der Waals surface area contributed by atoms with Crippen LogP contribution in [0.3, 0.4) is 0 Å². The minimum absolute atomic E-state index is 0.138. The average molecular weight is 711 g/mol. The summed E-state index contributed by atoms with van der Waals surface area (Å²) in [7, 11) is 4.78. The molecule has 266 valence electrons.